The average molecular weight is 290 g/mol. The Kier molecular flexibility index (Phi) is 4.57. The monoisotopic (exact) mass is 290 g/mol. The smallest absolute Gasteiger partial charge is 0.306 e. The molecule has 0 atom stereocenters. The van der Waals surface area contributed by atoms with Crippen molar-refractivity contribution >= 4 is 23.5 Å². The Hall–Kier alpha value is -2.37. The predicted octanol–water partition coefficient (Wildman–Crippen LogP) is 1.61. The van der Waals surface area contributed by atoms with E-state index in [1.807, 2.05) is 0 Å². The van der Waals surface area contributed by atoms with Crippen molar-refractivity contribution in [3.8, 4) is 0 Å². The molecule has 6 heteroatoms. The summed E-state index contributed by atoms with van der Waals surface area (Å²) in [5.74, 6) is -1.89. The number of rotatable bonds is 4. The number of carboxylic acids is 1. The molecule has 1 fully saturated rings. The molecule has 0 spiro atoms. The Morgan fingerprint density at radius 2 is 1.52 bits per heavy atom. The molecule has 0 radical (unpaired) electrons. The van der Waals surface area contributed by atoms with E-state index in [9.17, 15) is 14.4 Å². The van der Waals surface area contributed by atoms with Gasteiger partial charge in [0, 0.05) is 17.2 Å². The topological polar surface area (TPSA) is 109 Å². The summed E-state index contributed by atoms with van der Waals surface area (Å²) in [7, 11) is 0. The largest absolute Gasteiger partial charge is 0.481 e. The zero-order valence-corrected chi connectivity index (χ0v) is 11.5. The summed E-state index contributed by atoms with van der Waals surface area (Å²) in [4.78, 5) is 33.9. The Bertz CT molecular complexity index is 545. The second-order valence-corrected chi connectivity index (χ2v) is 5.32. The fourth-order valence-electron chi connectivity index (χ4n) is 2.56. The molecule has 2 rings (SSSR count). The van der Waals surface area contributed by atoms with E-state index in [1.165, 1.54) is 0 Å². The van der Waals surface area contributed by atoms with Crippen LogP contribution in [-0.2, 0) is 9.59 Å². The first-order valence-electron chi connectivity index (χ1n) is 6.91. The molecule has 4 N–H and O–H groups in total. The van der Waals surface area contributed by atoms with E-state index in [1.54, 1.807) is 24.3 Å². The lowest BCUT2D eigenvalue weighted by Crippen LogP contribution is -2.29. The highest BCUT2D eigenvalue weighted by Crippen LogP contribution is 2.29. The number of primary amides is 1. The Morgan fingerprint density at radius 3 is 2.00 bits per heavy atom. The van der Waals surface area contributed by atoms with Gasteiger partial charge in [0.2, 0.25) is 11.8 Å². The van der Waals surface area contributed by atoms with E-state index >= 15 is 0 Å². The van der Waals surface area contributed by atoms with Crippen molar-refractivity contribution in [2.75, 3.05) is 5.32 Å². The number of aliphatic carboxylic acids is 1. The Balaban J connectivity index is 1.90. The fraction of sp³-hybridized carbons (Fsp3) is 0.400. The van der Waals surface area contributed by atoms with Gasteiger partial charge < -0.3 is 16.2 Å². The molecule has 1 saturated carbocycles. The molecular weight excluding hydrogens is 272 g/mol. The minimum Gasteiger partial charge on any atom is -0.481 e. The highest BCUT2D eigenvalue weighted by Gasteiger charge is 2.29. The van der Waals surface area contributed by atoms with Crippen LogP contribution >= 0.6 is 0 Å². The zero-order valence-electron chi connectivity index (χ0n) is 11.5. The number of hydrogen-bond donors (Lipinski definition) is 3. The van der Waals surface area contributed by atoms with Gasteiger partial charge in [-0.1, -0.05) is 0 Å². The number of carbonyl (C=O) groups is 3. The van der Waals surface area contributed by atoms with Crippen LogP contribution in [0.1, 0.15) is 36.0 Å². The predicted molar refractivity (Wildman–Crippen MR) is 76.7 cm³/mol. The van der Waals surface area contributed by atoms with Crippen LogP contribution in [0.3, 0.4) is 0 Å². The number of nitrogens with one attached hydrogen (secondary N) is 1. The second kappa shape index (κ2) is 6.39. The molecule has 1 aliphatic rings. The molecule has 0 saturated heterocycles. The molecule has 6 nitrogen and oxygen atoms in total. The maximum absolute atomic E-state index is 12.1. The van der Waals surface area contributed by atoms with Crippen molar-refractivity contribution in [1.82, 2.24) is 0 Å². The van der Waals surface area contributed by atoms with E-state index < -0.39 is 11.9 Å². The zero-order chi connectivity index (χ0) is 15.4. The first-order chi connectivity index (χ1) is 9.97. The quantitative estimate of drug-likeness (QED) is 0.782. The van der Waals surface area contributed by atoms with E-state index in [0.29, 0.717) is 36.9 Å². The van der Waals surface area contributed by atoms with Crippen LogP contribution in [0.4, 0.5) is 5.69 Å². The molecule has 1 aromatic carbocycles. The van der Waals surface area contributed by atoms with Gasteiger partial charge in [-0.3, -0.25) is 14.4 Å². The molecule has 0 aliphatic heterocycles. The number of anilines is 1. The number of benzene rings is 1. The van der Waals surface area contributed by atoms with Crippen molar-refractivity contribution < 1.29 is 19.5 Å². The van der Waals surface area contributed by atoms with Crippen molar-refractivity contribution in [3.63, 3.8) is 0 Å². The van der Waals surface area contributed by atoms with E-state index in [-0.39, 0.29) is 17.7 Å². The minimum atomic E-state index is -0.782. The van der Waals surface area contributed by atoms with Crippen LogP contribution in [0, 0.1) is 11.8 Å². The molecule has 1 aliphatic carbocycles. The first-order valence-corrected chi connectivity index (χ1v) is 6.91. The van der Waals surface area contributed by atoms with Gasteiger partial charge in [0.1, 0.15) is 0 Å². The van der Waals surface area contributed by atoms with Gasteiger partial charge in [0.15, 0.2) is 0 Å². The third-order valence-electron chi connectivity index (χ3n) is 3.88. The maximum Gasteiger partial charge on any atom is 0.306 e. The van der Waals surface area contributed by atoms with Crippen molar-refractivity contribution in [2.24, 2.45) is 17.6 Å². The number of carboxylic acid groups (broad SMARTS) is 1. The lowest BCUT2D eigenvalue weighted by molar-refractivity contribution is -0.143. The van der Waals surface area contributed by atoms with Crippen molar-refractivity contribution in [2.45, 2.75) is 25.7 Å². The first kappa shape index (κ1) is 15.0. The molecule has 0 heterocycles. The Labute approximate surface area is 122 Å². The molecule has 2 amide bonds. The summed E-state index contributed by atoms with van der Waals surface area (Å²) in [6.45, 7) is 0. The van der Waals surface area contributed by atoms with Crippen LogP contribution < -0.4 is 11.1 Å². The molecule has 0 unspecified atom stereocenters. The van der Waals surface area contributed by atoms with Crippen LogP contribution in [0.25, 0.3) is 0 Å². The van der Waals surface area contributed by atoms with E-state index in [4.69, 9.17) is 10.8 Å². The van der Waals surface area contributed by atoms with Gasteiger partial charge in [-0.05, 0) is 49.9 Å². The molecule has 0 bridgehead atoms. The molecule has 21 heavy (non-hydrogen) atoms. The van der Waals surface area contributed by atoms with E-state index in [0.717, 1.165) is 0 Å². The lowest BCUT2D eigenvalue weighted by Gasteiger charge is -2.25. The van der Waals surface area contributed by atoms with Gasteiger partial charge in [-0.25, -0.2) is 0 Å². The van der Waals surface area contributed by atoms with Gasteiger partial charge in [-0.2, -0.15) is 0 Å². The van der Waals surface area contributed by atoms with Crippen LogP contribution in [0.15, 0.2) is 24.3 Å². The van der Waals surface area contributed by atoms with Crippen LogP contribution in [0.5, 0.6) is 0 Å². The van der Waals surface area contributed by atoms with Crippen molar-refractivity contribution in [1.29, 1.82) is 0 Å². The second-order valence-electron chi connectivity index (χ2n) is 5.32. The summed E-state index contributed by atoms with van der Waals surface area (Å²) in [6.07, 6.45) is 2.24. The fourth-order valence-corrected chi connectivity index (χ4v) is 2.56. The van der Waals surface area contributed by atoms with Gasteiger partial charge in [-0.15, -0.1) is 0 Å². The van der Waals surface area contributed by atoms with Gasteiger partial charge in [0.25, 0.3) is 0 Å². The maximum atomic E-state index is 12.1. The normalized spacial score (nSPS) is 21.5. The summed E-state index contributed by atoms with van der Waals surface area (Å²) < 4.78 is 0. The molecular formula is C15H18N2O4. The number of carbonyl (C=O) groups excluding carboxylic acids is 2. The highest BCUT2D eigenvalue weighted by molar-refractivity contribution is 5.95. The Morgan fingerprint density at radius 1 is 1.00 bits per heavy atom. The van der Waals surface area contributed by atoms with Gasteiger partial charge >= 0.3 is 5.97 Å². The summed E-state index contributed by atoms with van der Waals surface area (Å²) >= 11 is 0. The standard InChI is InChI=1S/C15H18N2O4/c16-13(18)9-5-7-12(8-6-9)17-14(19)10-1-3-11(4-2-10)15(20)21/h5-8,10-11H,1-4H2,(H2,16,18)(H,17,19)(H,20,21). The molecule has 1 aromatic rings. The third kappa shape index (κ3) is 3.81. The minimum absolute atomic E-state index is 0.106. The number of amides is 2. The van der Waals surface area contributed by atoms with E-state index in [2.05, 4.69) is 5.32 Å². The summed E-state index contributed by atoms with van der Waals surface area (Å²) in [5, 5.41) is 11.7. The highest BCUT2D eigenvalue weighted by atomic mass is 16.4. The third-order valence-corrected chi connectivity index (χ3v) is 3.88. The number of hydrogen-bond acceptors (Lipinski definition) is 3. The summed E-state index contributed by atoms with van der Waals surface area (Å²) in [6, 6.07) is 6.36. The summed E-state index contributed by atoms with van der Waals surface area (Å²) in [5.41, 5.74) is 6.13. The number of nitrogens with two attached hydrogens (primary N) is 1. The lowest BCUT2D eigenvalue weighted by atomic mass is 9.81. The van der Waals surface area contributed by atoms with Crippen LogP contribution in [0.2, 0.25) is 0 Å². The van der Waals surface area contributed by atoms with Crippen molar-refractivity contribution in [3.05, 3.63) is 29.8 Å². The molecule has 112 valence electrons. The molecule has 0 aromatic heterocycles. The SMILES string of the molecule is NC(=O)c1ccc(NC(=O)C2CCC(C(=O)O)CC2)cc1. The van der Waals surface area contributed by atoms with Gasteiger partial charge in [0.05, 0.1) is 5.92 Å². The average Bonchev–Trinajstić information content (AvgIpc) is 2.47. The van der Waals surface area contributed by atoms with Crippen LogP contribution in [-0.4, -0.2) is 22.9 Å².